The summed E-state index contributed by atoms with van der Waals surface area (Å²) >= 11 is 0. The van der Waals surface area contributed by atoms with Gasteiger partial charge in [-0.2, -0.15) is 0 Å². The van der Waals surface area contributed by atoms with E-state index in [1.165, 1.54) is 6.07 Å². The summed E-state index contributed by atoms with van der Waals surface area (Å²) < 4.78 is 13.7. The Labute approximate surface area is 123 Å². The topological polar surface area (TPSA) is 25.8 Å². The molecule has 0 saturated carbocycles. The van der Waals surface area contributed by atoms with Gasteiger partial charge in [0, 0.05) is 30.6 Å². The lowest BCUT2D eigenvalue weighted by Crippen LogP contribution is -1.93. The van der Waals surface area contributed by atoms with Gasteiger partial charge in [-0.15, -0.1) is 0 Å². The molecule has 0 N–H and O–H groups in total. The Bertz CT molecular complexity index is 751. The smallest absolute Gasteiger partial charge is 0.132 e. The van der Waals surface area contributed by atoms with Crippen LogP contribution in [0.1, 0.15) is 16.7 Å². The van der Waals surface area contributed by atoms with Crippen molar-refractivity contribution in [1.29, 1.82) is 0 Å². The number of halogens is 1. The predicted octanol–water partition coefficient (Wildman–Crippen LogP) is 4.18. The zero-order chi connectivity index (χ0) is 14.7. The van der Waals surface area contributed by atoms with Crippen LogP contribution in [0.15, 0.2) is 61.1 Å². The molecule has 0 fully saturated rings. The summed E-state index contributed by atoms with van der Waals surface area (Å²) in [5.41, 5.74) is 4.56. The van der Waals surface area contributed by atoms with Gasteiger partial charge in [-0.25, -0.2) is 4.39 Å². The van der Waals surface area contributed by atoms with Crippen LogP contribution in [0.2, 0.25) is 0 Å². The van der Waals surface area contributed by atoms with Gasteiger partial charge in [-0.3, -0.25) is 9.97 Å². The van der Waals surface area contributed by atoms with Gasteiger partial charge in [0.1, 0.15) is 5.82 Å². The van der Waals surface area contributed by atoms with E-state index in [0.717, 1.165) is 23.1 Å². The minimum atomic E-state index is -0.249. The highest BCUT2D eigenvalue weighted by atomic mass is 19.1. The van der Waals surface area contributed by atoms with E-state index in [2.05, 4.69) is 16.0 Å². The van der Waals surface area contributed by atoms with Gasteiger partial charge in [-0.1, -0.05) is 24.3 Å². The second-order valence-electron chi connectivity index (χ2n) is 5.08. The minimum absolute atomic E-state index is 0.249. The highest BCUT2D eigenvalue weighted by Crippen LogP contribution is 2.21. The fourth-order valence-corrected chi connectivity index (χ4v) is 2.31. The summed E-state index contributed by atoms with van der Waals surface area (Å²) in [6.45, 7) is 2.02. The van der Waals surface area contributed by atoms with E-state index in [9.17, 15) is 4.39 Å². The van der Waals surface area contributed by atoms with Crippen LogP contribution in [0.25, 0.3) is 11.3 Å². The molecular weight excluding hydrogens is 263 g/mol. The van der Waals surface area contributed by atoms with Crippen molar-refractivity contribution in [2.75, 3.05) is 0 Å². The van der Waals surface area contributed by atoms with Crippen molar-refractivity contribution >= 4 is 0 Å². The second kappa shape index (κ2) is 5.83. The number of rotatable bonds is 3. The molecule has 1 aromatic carbocycles. The first kappa shape index (κ1) is 13.4. The van der Waals surface area contributed by atoms with Crippen LogP contribution in [0.4, 0.5) is 4.39 Å². The molecule has 0 aliphatic carbocycles. The van der Waals surface area contributed by atoms with Crippen LogP contribution in [-0.4, -0.2) is 9.97 Å². The third-order valence-electron chi connectivity index (χ3n) is 3.31. The largest absolute Gasteiger partial charge is 0.264 e. The molecule has 0 radical (unpaired) electrons. The third kappa shape index (κ3) is 3.14. The summed E-state index contributed by atoms with van der Waals surface area (Å²) in [5, 5.41) is 0. The SMILES string of the molecule is Cc1cncc(Cc2ccc(-c3ccccc3F)nc2)c1. The molecule has 0 saturated heterocycles. The first-order valence-electron chi connectivity index (χ1n) is 6.83. The normalized spacial score (nSPS) is 10.6. The standard InChI is InChI=1S/C18H15FN2/c1-13-8-15(11-20-10-13)9-14-6-7-18(21-12-14)16-4-2-3-5-17(16)19/h2-8,10-12H,9H2,1H3. The number of aryl methyl sites for hydroxylation is 1. The lowest BCUT2D eigenvalue weighted by Gasteiger charge is -2.05. The van der Waals surface area contributed by atoms with Crippen LogP contribution in [0, 0.1) is 12.7 Å². The maximum absolute atomic E-state index is 13.7. The lowest BCUT2D eigenvalue weighted by molar-refractivity contribution is 0.630. The summed E-state index contributed by atoms with van der Waals surface area (Å²) in [6.07, 6.45) is 6.27. The maximum atomic E-state index is 13.7. The quantitative estimate of drug-likeness (QED) is 0.718. The van der Waals surface area contributed by atoms with Gasteiger partial charge in [0.25, 0.3) is 0 Å². The molecule has 0 atom stereocenters. The van der Waals surface area contributed by atoms with Crippen molar-refractivity contribution < 1.29 is 4.39 Å². The molecule has 3 heteroatoms. The lowest BCUT2D eigenvalue weighted by atomic mass is 10.1. The van der Waals surface area contributed by atoms with Gasteiger partial charge in [-0.05, 0) is 41.8 Å². The third-order valence-corrected chi connectivity index (χ3v) is 3.31. The van der Waals surface area contributed by atoms with Gasteiger partial charge in [0.05, 0.1) is 5.69 Å². The second-order valence-corrected chi connectivity index (χ2v) is 5.08. The highest BCUT2D eigenvalue weighted by molar-refractivity contribution is 5.59. The number of hydrogen-bond acceptors (Lipinski definition) is 2. The minimum Gasteiger partial charge on any atom is -0.264 e. The zero-order valence-electron chi connectivity index (χ0n) is 11.8. The van der Waals surface area contributed by atoms with Crippen molar-refractivity contribution in [3.63, 3.8) is 0 Å². The van der Waals surface area contributed by atoms with Crippen LogP contribution in [-0.2, 0) is 6.42 Å². The summed E-state index contributed by atoms with van der Waals surface area (Å²) in [7, 11) is 0. The van der Waals surface area contributed by atoms with E-state index in [-0.39, 0.29) is 5.82 Å². The maximum Gasteiger partial charge on any atom is 0.132 e. The molecule has 21 heavy (non-hydrogen) atoms. The van der Waals surface area contributed by atoms with Gasteiger partial charge >= 0.3 is 0 Å². The van der Waals surface area contributed by atoms with Gasteiger partial charge in [0.2, 0.25) is 0 Å². The Balaban J connectivity index is 1.83. The van der Waals surface area contributed by atoms with E-state index in [1.807, 2.05) is 37.5 Å². The Hall–Kier alpha value is -2.55. The highest BCUT2D eigenvalue weighted by Gasteiger charge is 2.05. The van der Waals surface area contributed by atoms with Crippen molar-refractivity contribution in [3.05, 3.63) is 83.6 Å². The molecule has 0 aliphatic heterocycles. The molecule has 0 aliphatic rings. The molecule has 0 unspecified atom stereocenters. The van der Waals surface area contributed by atoms with E-state index in [0.29, 0.717) is 11.3 Å². The Morgan fingerprint density at radius 3 is 2.52 bits per heavy atom. The summed E-state index contributed by atoms with van der Waals surface area (Å²) in [4.78, 5) is 8.56. The monoisotopic (exact) mass is 278 g/mol. The van der Waals surface area contributed by atoms with Crippen LogP contribution in [0.3, 0.4) is 0 Å². The fraction of sp³-hybridized carbons (Fsp3) is 0.111. The molecule has 0 spiro atoms. The number of aromatic nitrogens is 2. The molecule has 3 rings (SSSR count). The first-order valence-corrected chi connectivity index (χ1v) is 6.83. The van der Waals surface area contributed by atoms with Crippen molar-refractivity contribution in [1.82, 2.24) is 9.97 Å². The molecule has 0 bridgehead atoms. The van der Waals surface area contributed by atoms with Crippen molar-refractivity contribution in [3.8, 4) is 11.3 Å². The Kier molecular flexibility index (Phi) is 3.73. The molecule has 0 amide bonds. The van der Waals surface area contributed by atoms with E-state index in [4.69, 9.17) is 0 Å². The molecule has 104 valence electrons. The van der Waals surface area contributed by atoms with Crippen LogP contribution in [0.5, 0.6) is 0 Å². The zero-order valence-corrected chi connectivity index (χ0v) is 11.8. The molecule has 2 aromatic heterocycles. The summed E-state index contributed by atoms with van der Waals surface area (Å²) in [6, 6.07) is 12.6. The molecular formula is C18H15FN2. The van der Waals surface area contributed by atoms with Crippen LogP contribution < -0.4 is 0 Å². The van der Waals surface area contributed by atoms with Gasteiger partial charge < -0.3 is 0 Å². The van der Waals surface area contributed by atoms with Crippen LogP contribution >= 0.6 is 0 Å². The first-order chi connectivity index (χ1) is 10.2. The summed E-state index contributed by atoms with van der Waals surface area (Å²) in [5.74, 6) is -0.249. The van der Waals surface area contributed by atoms with Crippen molar-refractivity contribution in [2.24, 2.45) is 0 Å². The Morgan fingerprint density at radius 1 is 0.952 bits per heavy atom. The number of pyridine rings is 2. The predicted molar refractivity (Wildman–Crippen MR) is 81.4 cm³/mol. The van der Waals surface area contributed by atoms with E-state index in [1.54, 1.807) is 18.3 Å². The van der Waals surface area contributed by atoms with Crippen molar-refractivity contribution in [2.45, 2.75) is 13.3 Å². The van der Waals surface area contributed by atoms with Gasteiger partial charge in [0.15, 0.2) is 0 Å². The Morgan fingerprint density at radius 2 is 1.81 bits per heavy atom. The van der Waals surface area contributed by atoms with E-state index >= 15 is 0 Å². The van der Waals surface area contributed by atoms with E-state index < -0.39 is 0 Å². The molecule has 2 heterocycles. The number of hydrogen-bond donors (Lipinski definition) is 0. The molecule has 3 aromatic rings. The fourth-order valence-electron chi connectivity index (χ4n) is 2.31. The average molecular weight is 278 g/mol. The molecule has 2 nitrogen and oxygen atoms in total. The number of nitrogens with zero attached hydrogens (tertiary/aromatic N) is 2. The average Bonchev–Trinajstić information content (AvgIpc) is 2.49. The number of benzene rings is 1.